The molecule has 0 atom stereocenters. The van der Waals surface area contributed by atoms with Crippen LogP contribution in [0.15, 0.2) is 201 Å². The standard InChI is InChI=1S/C36H35F2N3O7.C36H37F2N3O6.C35H35F2N3O6/c1-45-31-20-26-28(21-32(31)47-15-2-12-40-41-14-16-46-22-35(41)44)39-13-9-29(26)48-30-8-5-24(17-27(30)38)19-34(43)36(10-11-36)33(42)18-23-3-6-25(37)7-4-23;1-44-32-22-27-29(23-33(32)46-16-2-12-40-41-14-17-45-18-15-41)39-13-9-30(27)47-31-8-5-25(19-28(31)38)21-35(43)36(10-11-36)34(42)20-24-3-6-26(37)7-4-24;1-43-31-21-26-28(22-32(31)45-15-12-39-40-13-16-44-17-14-40)38-11-8-29(26)46-30-7-4-24(18-27(30)37)20-34(42)35(9-10-35)33(41)19-23-2-5-25(36)6-3-23/h3-9,13,17,20-21,40H,2,10-12,14-16,18-19,22H2,1H3;3-9,13,19,22-23,40H,2,10-12,14-18,20-21H2,1H3;2-8,11,18,21-22,39H,9-10,12-17,19-20H2,1H3. The molecular formula is C107H107F6N9O19. The molecule has 12 aromatic rings. The fourth-order valence-corrected chi connectivity index (χ4v) is 16.9. The average molecular weight is 1940 g/mol. The Morgan fingerprint density at radius 1 is 0.326 bits per heavy atom. The molecule has 1 amide bonds. The molecule has 0 spiro atoms. The highest BCUT2D eigenvalue weighted by Gasteiger charge is 2.57. The van der Waals surface area contributed by atoms with E-state index in [0.717, 1.165) is 52.4 Å². The second-order valence-corrected chi connectivity index (χ2v) is 35.1. The van der Waals surface area contributed by atoms with Gasteiger partial charge in [0.15, 0.2) is 104 Å². The maximum absolute atomic E-state index is 15.3. The number of ketones is 6. The molecule has 3 aliphatic carbocycles. The molecule has 0 radical (unpaired) electrons. The highest BCUT2D eigenvalue weighted by molar-refractivity contribution is 6.13. The molecule has 3 aromatic heterocycles. The molecule has 3 saturated heterocycles. The van der Waals surface area contributed by atoms with Gasteiger partial charge in [0, 0.05) is 137 Å². The normalized spacial score (nSPS) is 15.6. The molecule has 141 heavy (non-hydrogen) atoms. The van der Waals surface area contributed by atoms with Gasteiger partial charge in [-0.2, -0.15) is 0 Å². The first-order chi connectivity index (χ1) is 68.4. The van der Waals surface area contributed by atoms with Gasteiger partial charge in [-0.25, -0.2) is 41.8 Å². The van der Waals surface area contributed by atoms with E-state index in [2.05, 4.69) is 41.2 Å². The summed E-state index contributed by atoms with van der Waals surface area (Å²) >= 11 is 0. The van der Waals surface area contributed by atoms with Gasteiger partial charge in [-0.15, -0.1) is 0 Å². The van der Waals surface area contributed by atoms with Crippen molar-refractivity contribution >= 4 is 73.3 Å². The number of carbonyl (C=O) groups is 7. The SMILES string of the molecule is COc1cc2c(Oc3ccc(CC(=O)C4(C(=O)Cc5ccc(F)cc5)CC4)cc3F)ccnc2cc1OCCCNN1CCOCC1.COc1cc2c(Oc3ccc(CC(=O)C4(C(=O)Cc5ccc(F)cc5)CC4)cc3F)ccnc2cc1OCCCNN1CCOCC1=O.COc1cc2c(Oc3ccc(CC(=O)C4(C(=O)Cc5ccc(F)cc5)CC4)cc3F)ccnc2cc1OCCNN1CCOCC1. The molecule has 6 fully saturated rings. The minimum absolute atomic E-state index is 0.0192. The number of rotatable bonds is 44. The van der Waals surface area contributed by atoms with E-state index >= 15 is 13.2 Å². The van der Waals surface area contributed by atoms with E-state index in [1.807, 2.05) is 0 Å². The third kappa shape index (κ3) is 25.5. The van der Waals surface area contributed by atoms with E-state index in [-0.39, 0.29) is 115 Å². The number of morpholine rings is 3. The van der Waals surface area contributed by atoms with Crippen LogP contribution in [0.2, 0.25) is 0 Å². The zero-order valence-electron chi connectivity index (χ0n) is 78.2. The quantitative estimate of drug-likeness (QED) is 0.0181. The van der Waals surface area contributed by atoms with Crippen molar-refractivity contribution < 1.29 is 117 Å². The Balaban J connectivity index is 0.000000152. The van der Waals surface area contributed by atoms with Gasteiger partial charge in [-0.1, -0.05) is 54.6 Å². The Hall–Kier alpha value is -13.8. The second kappa shape index (κ2) is 46.5. The van der Waals surface area contributed by atoms with Gasteiger partial charge in [0.1, 0.15) is 47.9 Å². The van der Waals surface area contributed by atoms with Gasteiger partial charge in [-0.05, 0) is 194 Å². The second-order valence-electron chi connectivity index (χ2n) is 35.1. The number of fused-ring (bicyclic) bond motifs is 3. The van der Waals surface area contributed by atoms with Crippen LogP contribution in [0, 0.1) is 51.1 Å². The molecule has 0 bridgehead atoms. The minimum Gasteiger partial charge on any atom is -0.493 e. The summed E-state index contributed by atoms with van der Waals surface area (Å²) in [5.41, 5.74) is 11.6. The van der Waals surface area contributed by atoms with Gasteiger partial charge < -0.3 is 56.8 Å². The molecule has 34 heteroatoms. The summed E-state index contributed by atoms with van der Waals surface area (Å²) in [5, 5.41) is 7.58. The van der Waals surface area contributed by atoms with Crippen molar-refractivity contribution in [3.05, 3.63) is 269 Å². The summed E-state index contributed by atoms with van der Waals surface area (Å²) in [6.45, 7) is 10.4. The van der Waals surface area contributed by atoms with Crippen LogP contribution in [0.3, 0.4) is 0 Å². The van der Waals surface area contributed by atoms with E-state index in [1.54, 1.807) is 135 Å². The van der Waals surface area contributed by atoms with Gasteiger partial charge in [0.2, 0.25) is 0 Å². The van der Waals surface area contributed by atoms with Crippen LogP contribution < -0.4 is 58.9 Å². The third-order valence-electron chi connectivity index (χ3n) is 25.5. The van der Waals surface area contributed by atoms with E-state index in [9.17, 15) is 46.7 Å². The number of halogens is 6. The van der Waals surface area contributed by atoms with Crippen molar-refractivity contribution in [2.24, 2.45) is 16.2 Å². The predicted octanol–water partition coefficient (Wildman–Crippen LogP) is 16.0. The largest absolute Gasteiger partial charge is 0.493 e. The monoisotopic (exact) mass is 1940 g/mol. The van der Waals surface area contributed by atoms with Crippen LogP contribution in [0.25, 0.3) is 32.7 Å². The third-order valence-corrected chi connectivity index (χ3v) is 25.5. The number of aromatic nitrogens is 3. The number of pyridine rings is 3. The van der Waals surface area contributed by atoms with Crippen molar-refractivity contribution in [2.75, 3.05) is 133 Å². The Morgan fingerprint density at radius 2 is 0.624 bits per heavy atom. The van der Waals surface area contributed by atoms with Crippen LogP contribution in [-0.4, -0.2) is 204 Å². The molecule has 3 saturated carbocycles. The van der Waals surface area contributed by atoms with Crippen LogP contribution in [0.4, 0.5) is 26.3 Å². The van der Waals surface area contributed by atoms with E-state index < -0.39 is 39.5 Å². The number of ether oxygens (including phenoxy) is 12. The highest BCUT2D eigenvalue weighted by Crippen LogP contribution is 2.52. The lowest BCUT2D eigenvalue weighted by molar-refractivity contribution is -0.147. The molecule has 6 aliphatic rings. The van der Waals surface area contributed by atoms with Crippen LogP contribution in [-0.2, 0) is 86.3 Å². The van der Waals surface area contributed by atoms with Gasteiger partial charge in [0.05, 0.1) is 107 Å². The van der Waals surface area contributed by atoms with E-state index in [0.29, 0.717) is 222 Å². The first-order valence-electron chi connectivity index (χ1n) is 46.8. The number of hydrazine groups is 3. The van der Waals surface area contributed by atoms with Crippen LogP contribution >= 0.6 is 0 Å². The number of hydrogen-bond donors (Lipinski definition) is 3. The first kappa shape index (κ1) is 100. The minimum atomic E-state index is -1.07. The Morgan fingerprint density at radius 3 is 0.936 bits per heavy atom. The Kier molecular flexibility index (Phi) is 33.0. The number of Topliss-reactive ketones (excluding diaryl/α,β-unsaturated/α-hetero) is 6. The number of benzene rings is 9. The van der Waals surface area contributed by atoms with E-state index in [4.69, 9.17) is 56.8 Å². The Labute approximate surface area is 809 Å². The number of methoxy groups -OCH3 is 3. The van der Waals surface area contributed by atoms with Crippen LogP contribution in [0.5, 0.6) is 69.0 Å². The zero-order valence-corrected chi connectivity index (χ0v) is 78.2. The number of nitrogens with one attached hydrogen (secondary N) is 3. The number of carbonyl (C=O) groups excluding carboxylic acids is 7. The molecule has 6 heterocycles. The molecular weight excluding hydrogens is 1830 g/mol. The predicted molar refractivity (Wildman–Crippen MR) is 508 cm³/mol. The van der Waals surface area contributed by atoms with Crippen LogP contribution in [0.1, 0.15) is 84.7 Å². The fourth-order valence-electron chi connectivity index (χ4n) is 16.9. The lowest BCUT2D eigenvalue weighted by atomic mass is 9.88. The molecule has 736 valence electrons. The maximum Gasteiger partial charge on any atom is 0.262 e. The molecule has 3 N–H and O–H groups in total. The molecule has 28 nitrogen and oxygen atoms in total. The van der Waals surface area contributed by atoms with Crippen molar-refractivity contribution in [2.45, 2.75) is 89.9 Å². The summed E-state index contributed by atoms with van der Waals surface area (Å²) in [6, 6.07) is 45.4. The van der Waals surface area contributed by atoms with E-state index in [1.165, 1.54) is 92.0 Å². The summed E-state index contributed by atoms with van der Waals surface area (Å²) in [6.07, 6.45) is 8.76. The smallest absolute Gasteiger partial charge is 0.262 e. The summed E-state index contributed by atoms with van der Waals surface area (Å²) in [7, 11) is 4.60. The average Bonchev–Trinajstić information content (AvgIpc) is 1.61. The number of hydrogen-bond acceptors (Lipinski definition) is 27. The van der Waals surface area contributed by atoms with Crippen molar-refractivity contribution in [3.63, 3.8) is 0 Å². The van der Waals surface area contributed by atoms with Gasteiger partial charge >= 0.3 is 0 Å². The summed E-state index contributed by atoms with van der Waals surface area (Å²) in [4.78, 5) is 104. The maximum atomic E-state index is 15.3. The summed E-state index contributed by atoms with van der Waals surface area (Å²) in [5.74, 6) is -0.577. The number of nitrogens with zero attached hydrogens (tertiary/aromatic N) is 6. The van der Waals surface area contributed by atoms with Gasteiger partial charge in [0.25, 0.3) is 5.91 Å². The van der Waals surface area contributed by atoms with Crippen molar-refractivity contribution in [1.29, 1.82) is 0 Å². The molecule has 18 rings (SSSR count). The molecule has 3 aliphatic heterocycles. The molecule has 9 aromatic carbocycles. The fraction of sp³-hybridized carbons (Fsp3) is 0.346. The zero-order chi connectivity index (χ0) is 98.6. The summed E-state index contributed by atoms with van der Waals surface area (Å²) < 4.78 is 154. The molecule has 0 unspecified atom stereocenters. The Bertz CT molecular complexity index is 6520. The van der Waals surface area contributed by atoms with Gasteiger partial charge in [-0.3, -0.25) is 64.4 Å². The first-order valence-corrected chi connectivity index (χ1v) is 46.8. The number of amides is 1. The lowest BCUT2D eigenvalue weighted by Gasteiger charge is -2.27. The lowest BCUT2D eigenvalue weighted by Crippen LogP contribution is -2.50. The topological polar surface area (TPSA) is 315 Å². The van der Waals surface area contributed by atoms with Crippen molar-refractivity contribution in [3.8, 4) is 69.0 Å². The van der Waals surface area contributed by atoms with Crippen molar-refractivity contribution in [1.82, 2.24) is 46.3 Å². The highest BCUT2D eigenvalue weighted by atomic mass is 19.1.